The fourth-order valence-electron chi connectivity index (χ4n) is 2.07. The molecule has 0 heterocycles. The predicted molar refractivity (Wildman–Crippen MR) is 91.3 cm³/mol. The first-order valence-electron chi connectivity index (χ1n) is 7.01. The van der Waals surface area contributed by atoms with E-state index in [0.717, 1.165) is 0 Å². The summed E-state index contributed by atoms with van der Waals surface area (Å²) in [4.78, 5) is 22.9. The lowest BCUT2D eigenvalue weighted by Crippen LogP contribution is -1.97. The van der Waals surface area contributed by atoms with E-state index < -0.39 is 16.5 Å². The molecule has 0 saturated carbocycles. The van der Waals surface area contributed by atoms with E-state index in [1.165, 1.54) is 55.7 Å². The number of nitro groups is 1. The zero-order valence-corrected chi connectivity index (χ0v) is 13.8. The highest BCUT2D eigenvalue weighted by Gasteiger charge is 2.14. The maximum absolute atomic E-state index is 12.5. The summed E-state index contributed by atoms with van der Waals surface area (Å²) >= 11 is 0.323. The molecule has 0 fully saturated rings. The van der Waals surface area contributed by atoms with Gasteiger partial charge in [0.15, 0.2) is 5.78 Å². The van der Waals surface area contributed by atoms with Crippen LogP contribution in [0.2, 0.25) is 0 Å². The topological polar surface area (TPSA) is 69.4 Å². The second-order valence-electron chi connectivity index (χ2n) is 4.76. The monoisotopic (exact) mass is 365 g/mol. The van der Waals surface area contributed by atoms with Crippen molar-refractivity contribution < 1.29 is 23.2 Å². The van der Waals surface area contributed by atoms with Gasteiger partial charge in [0, 0.05) is 11.6 Å². The molecule has 0 aliphatic heterocycles. The van der Waals surface area contributed by atoms with Crippen LogP contribution in [0.25, 0.3) is 6.08 Å². The molecular weight excluding hydrogens is 352 g/mol. The molecule has 5 nitrogen and oxygen atoms in total. The van der Waals surface area contributed by atoms with Gasteiger partial charge in [0.2, 0.25) is 0 Å². The van der Waals surface area contributed by atoms with Gasteiger partial charge in [0.1, 0.15) is 5.75 Å². The van der Waals surface area contributed by atoms with Crippen LogP contribution in [0.5, 0.6) is 5.75 Å². The summed E-state index contributed by atoms with van der Waals surface area (Å²) < 4.78 is 30.0. The second-order valence-corrected chi connectivity index (χ2v) is 5.79. The largest absolute Gasteiger partial charge is 0.496 e. The number of hydrogen-bond donors (Lipinski definition) is 0. The van der Waals surface area contributed by atoms with Crippen LogP contribution in [0.4, 0.5) is 14.5 Å². The minimum atomic E-state index is -2.60. The predicted octanol–water partition coefficient (Wildman–Crippen LogP) is 4.81. The third-order valence-corrected chi connectivity index (χ3v) is 3.98. The van der Waals surface area contributed by atoms with Crippen LogP contribution in [0.3, 0.4) is 0 Å². The summed E-state index contributed by atoms with van der Waals surface area (Å²) in [5.41, 5.74) is 0.399. The van der Waals surface area contributed by atoms with E-state index in [9.17, 15) is 23.7 Å². The Morgan fingerprint density at radius 2 is 2.00 bits per heavy atom. The van der Waals surface area contributed by atoms with Gasteiger partial charge in [-0.3, -0.25) is 14.9 Å². The van der Waals surface area contributed by atoms with Crippen LogP contribution >= 0.6 is 11.8 Å². The standard InChI is InChI=1S/C17H13F2NO4S/c1-24-15-10-12(7-9-16(15)25-17(18)19)14(21)8-6-11-4-2-3-5-13(11)20(22)23/h2-10,17H,1H3/b8-6+. The molecule has 0 spiro atoms. The highest BCUT2D eigenvalue weighted by molar-refractivity contribution is 7.99. The molecule has 0 aromatic heterocycles. The minimum absolute atomic E-state index is 0.118. The number of methoxy groups -OCH3 is 1. The van der Waals surface area contributed by atoms with Crippen molar-refractivity contribution >= 4 is 29.3 Å². The molecule has 0 aliphatic rings. The number of carbonyl (C=O) groups is 1. The maximum Gasteiger partial charge on any atom is 0.289 e. The number of hydrogen-bond acceptors (Lipinski definition) is 5. The third kappa shape index (κ3) is 4.87. The number of nitrogens with zero attached hydrogens (tertiary/aromatic N) is 1. The molecule has 0 aliphatic carbocycles. The summed E-state index contributed by atoms with van der Waals surface area (Å²) in [7, 11) is 1.32. The lowest BCUT2D eigenvalue weighted by atomic mass is 10.1. The fourth-order valence-corrected chi connectivity index (χ4v) is 2.67. The molecular formula is C17H13F2NO4S. The number of allylic oxidation sites excluding steroid dienone is 1. The summed E-state index contributed by atoms with van der Waals surface area (Å²) in [6.07, 6.45) is 2.53. The van der Waals surface area contributed by atoms with E-state index >= 15 is 0 Å². The van der Waals surface area contributed by atoms with Crippen molar-refractivity contribution in [1.29, 1.82) is 0 Å². The van der Waals surface area contributed by atoms with E-state index in [1.807, 2.05) is 0 Å². The lowest BCUT2D eigenvalue weighted by Gasteiger charge is -2.08. The molecule has 0 atom stereocenters. The van der Waals surface area contributed by atoms with Gasteiger partial charge >= 0.3 is 0 Å². The Labute approximate surface area is 146 Å². The molecule has 130 valence electrons. The molecule has 0 saturated heterocycles. The van der Waals surface area contributed by atoms with Crippen molar-refractivity contribution in [3.63, 3.8) is 0 Å². The Balaban J connectivity index is 2.25. The van der Waals surface area contributed by atoms with Crippen LogP contribution in [-0.4, -0.2) is 23.6 Å². The van der Waals surface area contributed by atoms with E-state index in [0.29, 0.717) is 11.8 Å². The van der Waals surface area contributed by atoms with Gasteiger partial charge in [-0.15, -0.1) is 0 Å². The first kappa shape index (κ1) is 18.6. The number of para-hydroxylation sites is 1. The van der Waals surface area contributed by atoms with Crippen LogP contribution in [0, 0.1) is 10.1 Å². The molecule has 0 amide bonds. The average Bonchev–Trinajstić information content (AvgIpc) is 2.59. The van der Waals surface area contributed by atoms with Crippen LogP contribution in [0.1, 0.15) is 15.9 Å². The van der Waals surface area contributed by atoms with E-state index in [-0.39, 0.29) is 27.5 Å². The van der Waals surface area contributed by atoms with Gasteiger partial charge in [-0.25, -0.2) is 0 Å². The SMILES string of the molecule is COc1cc(C(=O)/C=C/c2ccccc2[N+](=O)[O-])ccc1SC(F)F. The maximum atomic E-state index is 12.5. The van der Waals surface area contributed by atoms with Crippen molar-refractivity contribution in [2.75, 3.05) is 7.11 Å². The van der Waals surface area contributed by atoms with Crippen molar-refractivity contribution in [2.45, 2.75) is 10.7 Å². The van der Waals surface area contributed by atoms with Crippen molar-refractivity contribution in [2.24, 2.45) is 0 Å². The normalized spacial score (nSPS) is 11.0. The van der Waals surface area contributed by atoms with Gasteiger partial charge in [-0.1, -0.05) is 23.9 Å². The molecule has 0 bridgehead atoms. The Morgan fingerprint density at radius 3 is 2.64 bits per heavy atom. The van der Waals surface area contributed by atoms with E-state index in [4.69, 9.17) is 4.74 Å². The summed E-state index contributed by atoms with van der Waals surface area (Å²) in [6.45, 7) is 0. The Kier molecular flexibility index (Phi) is 6.24. The molecule has 25 heavy (non-hydrogen) atoms. The Bertz CT molecular complexity index is 824. The molecule has 8 heteroatoms. The fraction of sp³-hybridized carbons (Fsp3) is 0.118. The Morgan fingerprint density at radius 1 is 1.28 bits per heavy atom. The molecule has 0 radical (unpaired) electrons. The first-order chi connectivity index (χ1) is 11.9. The molecule has 0 unspecified atom stereocenters. The highest BCUT2D eigenvalue weighted by Crippen LogP contribution is 2.34. The quantitative estimate of drug-likeness (QED) is 0.231. The number of benzene rings is 2. The minimum Gasteiger partial charge on any atom is -0.496 e. The van der Waals surface area contributed by atoms with Gasteiger partial charge in [0.05, 0.1) is 22.5 Å². The van der Waals surface area contributed by atoms with Crippen molar-refractivity contribution in [3.8, 4) is 5.75 Å². The number of ether oxygens (including phenoxy) is 1. The molecule has 2 rings (SSSR count). The molecule has 2 aromatic carbocycles. The highest BCUT2D eigenvalue weighted by atomic mass is 32.2. The lowest BCUT2D eigenvalue weighted by molar-refractivity contribution is -0.385. The Hall–Kier alpha value is -2.74. The first-order valence-corrected chi connectivity index (χ1v) is 7.89. The van der Waals surface area contributed by atoms with Gasteiger partial charge in [-0.2, -0.15) is 8.78 Å². The van der Waals surface area contributed by atoms with Gasteiger partial charge < -0.3 is 4.74 Å². The summed E-state index contributed by atoms with van der Waals surface area (Å²) in [5, 5.41) is 11.0. The molecule has 0 N–H and O–H groups in total. The summed E-state index contributed by atoms with van der Waals surface area (Å²) in [5.74, 6) is -2.87. The number of halogens is 2. The smallest absolute Gasteiger partial charge is 0.289 e. The van der Waals surface area contributed by atoms with E-state index in [1.54, 1.807) is 6.07 Å². The van der Waals surface area contributed by atoms with Crippen LogP contribution in [-0.2, 0) is 0 Å². The number of nitro benzene ring substituents is 1. The third-order valence-electron chi connectivity index (χ3n) is 3.21. The van der Waals surface area contributed by atoms with Crippen LogP contribution in [0.15, 0.2) is 53.4 Å². The average molecular weight is 365 g/mol. The van der Waals surface area contributed by atoms with Gasteiger partial charge in [0.25, 0.3) is 11.4 Å². The van der Waals surface area contributed by atoms with Crippen LogP contribution < -0.4 is 4.74 Å². The number of ketones is 1. The number of thioether (sulfide) groups is 1. The number of carbonyl (C=O) groups excluding carboxylic acids is 1. The van der Waals surface area contributed by atoms with Gasteiger partial charge in [-0.05, 0) is 36.4 Å². The van der Waals surface area contributed by atoms with E-state index in [2.05, 4.69) is 0 Å². The number of rotatable bonds is 7. The van der Waals surface area contributed by atoms with Crippen molar-refractivity contribution in [1.82, 2.24) is 0 Å². The molecule has 2 aromatic rings. The zero-order chi connectivity index (χ0) is 18.4. The second kappa shape index (κ2) is 8.39. The number of alkyl halides is 2. The summed E-state index contributed by atoms with van der Waals surface area (Å²) in [6, 6.07) is 10.1. The zero-order valence-electron chi connectivity index (χ0n) is 13.0. The van der Waals surface area contributed by atoms with Crippen molar-refractivity contribution in [3.05, 3.63) is 69.8 Å².